The molecule has 2 aromatic rings. The highest BCUT2D eigenvalue weighted by Crippen LogP contribution is 2.25. The molecule has 0 spiro atoms. The van der Waals surface area contributed by atoms with Crippen LogP contribution in [0.25, 0.3) is 0 Å². The molecule has 0 radical (unpaired) electrons. The van der Waals surface area contributed by atoms with Crippen LogP contribution in [0.4, 0.5) is 0 Å². The molecule has 1 aliphatic rings. The van der Waals surface area contributed by atoms with Crippen LogP contribution in [0.5, 0.6) is 0 Å². The summed E-state index contributed by atoms with van der Waals surface area (Å²) in [6, 6.07) is 14.9. The van der Waals surface area contributed by atoms with Gasteiger partial charge in [-0.05, 0) is 37.5 Å². The lowest BCUT2D eigenvalue weighted by atomic mass is 10.1. The summed E-state index contributed by atoms with van der Waals surface area (Å²) in [5.74, 6) is 1.68. The summed E-state index contributed by atoms with van der Waals surface area (Å²) in [7, 11) is 0. The average Bonchev–Trinajstić information content (AvgIpc) is 3.09. The van der Waals surface area contributed by atoms with E-state index in [0.717, 1.165) is 11.6 Å². The van der Waals surface area contributed by atoms with Crippen molar-refractivity contribution in [2.45, 2.75) is 31.8 Å². The molecule has 98 valence electrons. The second-order valence-corrected chi connectivity index (χ2v) is 4.96. The number of benzene rings is 1. The molecule has 0 bridgehead atoms. The van der Waals surface area contributed by atoms with Gasteiger partial charge in [-0.1, -0.05) is 30.3 Å². The quantitative estimate of drug-likeness (QED) is 0.669. The molecule has 0 saturated heterocycles. The number of furan rings is 1. The van der Waals surface area contributed by atoms with E-state index < -0.39 is 0 Å². The van der Waals surface area contributed by atoms with Crippen molar-refractivity contribution in [1.29, 1.82) is 0 Å². The molecule has 1 aromatic heterocycles. The van der Waals surface area contributed by atoms with Gasteiger partial charge >= 0.3 is 0 Å². The van der Waals surface area contributed by atoms with Gasteiger partial charge in [-0.3, -0.25) is 4.99 Å². The van der Waals surface area contributed by atoms with Crippen LogP contribution in [0, 0.1) is 0 Å². The predicted octanol–water partition coefficient (Wildman–Crippen LogP) is 3.54. The smallest absolute Gasteiger partial charge is 0.168 e. The fraction of sp³-hybridized carbons (Fsp3) is 0.312. The van der Waals surface area contributed by atoms with Gasteiger partial charge in [-0.25, -0.2) is 0 Å². The first-order valence-corrected chi connectivity index (χ1v) is 6.76. The summed E-state index contributed by atoms with van der Waals surface area (Å²) in [6.07, 6.45) is 4.06. The van der Waals surface area contributed by atoms with Gasteiger partial charge in [-0.15, -0.1) is 0 Å². The van der Waals surface area contributed by atoms with E-state index in [4.69, 9.17) is 9.41 Å². The van der Waals surface area contributed by atoms with Crippen LogP contribution in [-0.2, 0) is 0 Å². The molecule has 1 heterocycles. The van der Waals surface area contributed by atoms with E-state index in [9.17, 15) is 0 Å². The summed E-state index contributed by atoms with van der Waals surface area (Å²) < 4.78 is 5.47. The van der Waals surface area contributed by atoms with Crippen molar-refractivity contribution in [3.8, 4) is 0 Å². The molecule has 3 nitrogen and oxygen atoms in total. The van der Waals surface area contributed by atoms with Gasteiger partial charge in [0.25, 0.3) is 0 Å². The topological polar surface area (TPSA) is 37.5 Å². The molecule has 0 amide bonds. The maximum absolute atomic E-state index is 5.47. The zero-order valence-electron chi connectivity index (χ0n) is 11.0. The molecule has 1 aliphatic carbocycles. The van der Waals surface area contributed by atoms with E-state index >= 15 is 0 Å². The van der Waals surface area contributed by atoms with Crippen LogP contribution in [0.2, 0.25) is 0 Å². The first kappa shape index (κ1) is 12.0. The number of aliphatic imine (C=N–C) groups is 1. The summed E-state index contributed by atoms with van der Waals surface area (Å²) in [6.45, 7) is 2.14. The minimum atomic E-state index is 0.212. The summed E-state index contributed by atoms with van der Waals surface area (Å²) in [4.78, 5) is 4.71. The molecule has 3 rings (SSSR count). The van der Waals surface area contributed by atoms with Crippen molar-refractivity contribution in [3.05, 3.63) is 60.1 Å². The van der Waals surface area contributed by atoms with Gasteiger partial charge < -0.3 is 9.73 Å². The standard InChI is InChI=1S/C16H18N2O/c1-12(13-6-3-2-4-7-13)17-16(18-14-9-10-14)15-8-5-11-19-15/h2-8,11-12,14H,9-10H2,1H3,(H,17,18). The fourth-order valence-electron chi connectivity index (χ4n) is 2.00. The van der Waals surface area contributed by atoms with Crippen molar-refractivity contribution >= 4 is 5.84 Å². The molecule has 3 heteroatoms. The molecule has 1 unspecified atom stereocenters. The molecule has 0 aliphatic heterocycles. The molecule has 1 N–H and O–H groups in total. The predicted molar refractivity (Wildman–Crippen MR) is 76.3 cm³/mol. The monoisotopic (exact) mass is 254 g/mol. The lowest BCUT2D eigenvalue weighted by Gasteiger charge is -2.16. The highest BCUT2D eigenvalue weighted by molar-refractivity contribution is 5.96. The zero-order chi connectivity index (χ0) is 13.1. The van der Waals surface area contributed by atoms with Gasteiger partial charge in [0.2, 0.25) is 0 Å². The van der Waals surface area contributed by atoms with E-state index in [1.54, 1.807) is 6.26 Å². The Hall–Kier alpha value is -2.03. The van der Waals surface area contributed by atoms with Crippen LogP contribution >= 0.6 is 0 Å². The SMILES string of the molecule is CC(NC(=NC1CC1)c1ccco1)c1ccccc1. The first-order chi connectivity index (χ1) is 9.33. The number of hydrogen-bond donors (Lipinski definition) is 1. The maximum atomic E-state index is 5.47. The Morgan fingerprint density at radius 2 is 2.00 bits per heavy atom. The van der Waals surface area contributed by atoms with Crippen molar-refractivity contribution in [3.63, 3.8) is 0 Å². The summed E-state index contributed by atoms with van der Waals surface area (Å²) in [5, 5.41) is 3.46. The Morgan fingerprint density at radius 3 is 2.63 bits per heavy atom. The Morgan fingerprint density at radius 1 is 1.21 bits per heavy atom. The molecule has 1 fully saturated rings. The van der Waals surface area contributed by atoms with E-state index in [1.165, 1.54) is 18.4 Å². The highest BCUT2D eigenvalue weighted by Gasteiger charge is 2.23. The van der Waals surface area contributed by atoms with Crippen LogP contribution in [0.3, 0.4) is 0 Å². The second kappa shape index (κ2) is 5.31. The number of nitrogens with zero attached hydrogens (tertiary/aromatic N) is 1. The molecule has 1 atom stereocenters. The Balaban J connectivity index is 1.78. The van der Waals surface area contributed by atoms with E-state index in [2.05, 4.69) is 36.5 Å². The Kier molecular flexibility index (Phi) is 3.36. The first-order valence-electron chi connectivity index (χ1n) is 6.76. The maximum Gasteiger partial charge on any atom is 0.168 e. The molecule has 1 saturated carbocycles. The molecule has 1 aromatic carbocycles. The molecular formula is C16H18N2O. The lowest BCUT2D eigenvalue weighted by Crippen LogP contribution is -2.27. The Labute approximate surface area is 113 Å². The van der Waals surface area contributed by atoms with E-state index in [0.29, 0.717) is 6.04 Å². The lowest BCUT2D eigenvalue weighted by molar-refractivity contribution is 0.548. The fourth-order valence-corrected chi connectivity index (χ4v) is 2.00. The van der Waals surface area contributed by atoms with Gasteiger partial charge in [-0.2, -0.15) is 0 Å². The number of amidine groups is 1. The third kappa shape index (κ3) is 3.05. The third-order valence-electron chi connectivity index (χ3n) is 3.27. The largest absolute Gasteiger partial charge is 0.461 e. The van der Waals surface area contributed by atoms with Crippen LogP contribution in [0.15, 0.2) is 58.1 Å². The van der Waals surface area contributed by atoms with E-state index in [-0.39, 0.29) is 6.04 Å². The number of hydrogen-bond acceptors (Lipinski definition) is 2. The highest BCUT2D eigenvalue weighted by atomic mass is 16.3. The molecule has 19 heavy (non-hydrogen) atoms. The Bertz CT molecular complexity index is 541. The summed E-state index contributed by atoms with van der Waals surface area (Å²) in [5.41, 5.74) is 1.25. The van der Waals surface area contributed by atoms with Crippen LogP contribution < -0.4 is 5.32 Å². The van der Waals surface area contributed by atoms with Crippen molar-refractivity contribution < 1.29 is 4.42 Å². The normalized spacial score (nSPS) is 17.2. The number of rotatable bonds is 4. The zero-order valence-corrected chi connectivity index (χ0v) is 11.0. The van der Waals surface area contributed by atoms with Gasteiger partial charge in [0.15, 0.2) is 11.6 Å². The number of nitrogens with one attached hydrogen (secondary N) is 1. The minimum absolute atomic E-state index is 0.212. The molecular weight excluding hydrogens is 236 g/mol. The van der Waals surface area contributed by atoms with Crippen LogP contribution in [-0.4, -0.2) is 11.9 Å². The van der Waals surface area contributed by atoms with Gasteiger partial charge in [0.05, 0.1) is 18.3 Å². The van der Waals surface area contributed by atoms with Gasteiger partial charge in [0.1, 0.15) is 0 Å². The average molecular weight is 254 g/mol. The second-order valence-electron chi connectivity index (χ2n) is 4.96. The van der Waals surface area contributed by atoms with Crippen molar-refractivity contribution in [1.82, 2.24) is 5.32 Å². The van der Waals surface area contributed by atoms with Crippen molar-refractivity contribution in [2.24, 2.45) is 4.99 Å². The van der Waals surface area contributed by atoms with E-state index in [1.807, 2.05) is 18.2 Å². The van der Waals surface area contributed by atoms with Crippen LogP contribution in [0.1, 0.15) is 37.1 Å². The van der Waals surface area contributed by atoms with Crippen molar-refractivity contribution in [2.75, 3.05) is 0 Å². The summed E-state index contributed by atoms with van der Waals surface area (Å²) >= 11 is 0. The van der Waals surface area contributed by atoms with Gasteiger partial charge in [0, 0.05) is 0 Å². The minimum Gasteiger partial charge on any atom is -0.461 e. The third-order valence-corrected chi connectivity index (χ3v) is 3.27.